The molecule has 8 heteroatoms. The van der Waals surface area contributed by atoms with Crippen LogP contribution in [0.5, 0.6) is 0 Å². The first kappa shape index (κ1) is 23.4. The van der Waals surface area contributed by atoms with Crippen molar-refractivity contribution < 1.29 is 8.78 Å². The Morgan fingerprint density at radius 3 is 2.72 bits per heavy atom. The van der Waals surface area contributed by atoms with Gasteiger partial charge < -0.3 is 19.7 Å². The molecule has 1 aliphatic heterocycles. The summed E-state index contributed by atoms with van der Waals surface area (Å²) < 4.78 is 28.8. The molecule has 2 aromatic rings. The fourth-order valence-corrected chi connectivity index (χ4v) is 3.56. The second kappa shape index (κ2) is 10.8. The molecule has 0 radical (unpaired) electrons. The van der Waals surface area contributed by atoms with E-state index in [0.29, 0.717) is 12.5 Å². The molecule has 2 heterocycles. The molecule has 1 aliphatic rings. The molecule has 1 unspecified atom stereocenters. The lowest BCUT2D eigenvalue weighted by atomic mass is 10.1. The molecular weight excluding hydrogens is 487 g/mol. The Balaban J connectivity index is 0.00000300. The number of nitrogens with zero attached hydrogens (tertiary/aromatic N) is 4. The fraction of sp³-hybridized carbons (Fsp3) is 0.476. The maximum atomic E-state index is 13.5. The Hall–Kier alpha value is -1.84. The first-order chi connectivity index (χ1) is 13.5. The number of aromatic nitrogens is 1. The standard InChI is InChI=1S/C21H29F2N5.HI/c1-4-24-21(27(3)15-18-6-5-10-26(18)2)25-13-16-9-11-28(14-16)17-7-8-19(22)20(23)12-17;/h5-8,10,12,16H,4,9,11,13-15H2,1-3H3,(H,24,25);1H. The molecule has 1 aromatic heterocycles. The normalized spacial score (nSPS) is 16.7. The van der Waals surface area contributed by atoms with Crippen LogP contribution in [0.1, 0.15) is 19.0 Å². The molecule has 5 nitrogen and oxygen atoms in total. The van der Waals surface area contributed by atoms with Crippen LogP contribution in [0, 0.1) is 17.6 Å². The second-order valence-electron chi connectivity index (χ2n) is 7.36. The van der Waals surface area contributed by atoms with Crippen LogP contribution in [0.15, 0.2) is 41.5 Å². The Morgan fingerprint density at radius 1 is 1.28 bits per heavy atom. The van der Waals surface area contributed by atoms with Crippen molar-refractivity contribution in [1.82, 2.24) is 14.8 Å². The molecule has 0 amide bonds. The molecule has 1 N–H and O–H groups in total. The van der Waals surface area contributed by atoms with Crippen molar-refractivity contribution in [3.05, 3.63) is 53.9 Å². The minimum Gasteiger partial charge on any atom is -0.371 e. The molecule has 1 aromatic carbocycles. The summed E-state index contributed by atoms with van der Waals surface area (Å²) in [4.78, 5) is 9.05. The lowest BCUT2D eigenvalue weighted by molar-refractivity contribution is 0.458. The van der Waals surface area contributed by atoms with Crippen LogP contribution in [0.3, 0.4) is 0 Å². The summed E-state index contributed by atoms with van der Waals surface area (Å²) in [5, 5.41) is 3.36. The van der Waals surface area contributed by atoms with E-state index in [0.717, 1.165) is 44.2 Å². The van der Waals surface area contributed by atoms with E-state index in [4.69, 9.17) is 4.99 Å². The van der Waals surface area contributed by atoms with Gasteiger partial charge in [0.05, 0.1) is 6.54 Å². The van der Waals surface area contributed by atoms with E-state index in [9.17, 15) is 8.78 Å². The van der Waals surface area contributed by atoms with E-state index in [2.05, 4.69) is 32.7 Å². The van der Waals surface area contributed by atoms with E-state index in [1.165, 1.54) is 17.8 Å². The summed E-state index contributed by atoms with van der Waals surface area (Å²) in [6.45, 7) is 5.99. The number of rotatable bonds is 6. The van der Waals surface area contributed by atoms with Crippen molar-refractivity contribution in [3.8, 4) is 0 Å². The van der Waals surface area contributed by atoms with Gasteiger partial charge in [-0.25, -0.2) is 8.78 Å². The molecule has 0 spiro atoms. The largest absolute Gasteiger partial charge is 0.371 e. The summed E-state index contributed by atoms with van der Waals surface area (Å²) in [5.41, 5.74) is 1.96. The van der Waals surface area contributed by atoms with Crippen LogP contribution in [0.4, 0.5) is 14.5 Å². The molecule has 0 bridgehead atoms. The van der Waals surface area contributed by atoms with Gasteiger partial charge >= 0.3 is 0 Å². The number of halogens is 3. The minimum absolute atomic E-state index is 0. The number of guanidine groups is 1. The number of benzene rings is 1. The molecule has 1 saturated heterocycles. The van der Waals surface area contributed by atoms with E-state index in [1.807, 2.05) is 26.4 Å². The van der Waals surface area contributed by atoms with Crippen LogP contribution >= 0.6 is 24.0 Å². The molecule has 160 valence electrons. The van der Waals surface area contributed by atoms with Gasteiger partial charge in [-0.2, -0.15) is 0 Å². The Labute approximate surface area is 188 Å². The lowest BCUT2D eigenvalue weighted by Gasteiger charge is -2.23. The van der Waals surface area contributed by atoms with Gasteiger partial charge in [-0.15, -0.1) is 24.0 Å². The smallest absolute Gasteiger partial charge is 0.194 e. The number of aryl methyl sites for hydroxylation is 1. The summed E-state index contributed by atoms with van der Waals surface area (Å²) in [5.74, 6) is -0.323. The fourth-order valence-electron chi connectivity index (χ4n) is 3.56. The van der Waals surface area contributed by atoms with Crippen molar-refractivity contribution in [2.45, 2.75) is 19.9 Å². The SMILES string of the molecule is CCNC(=NCC1CCN(c2ccc(F)c(F)c2)C1)N(C)Cc1cccn1C.I. The number of hydrogen-bond donors (Lipinski definition) is 1. The molecule has 1 fully saturated rings. The third-order valence-corrected chi connectivity index (χ3v) is 5.20. The van der Waals surface area contributed by atoms with Gasteiger partial charge in [-0.3, -0.25) is 4.99 Å². The predicted molar refractivity (Wildman–Crippen MR) is 125 cm³/mol. The summed E-state index contributed by atoms with van der Waals surface area (Å²) in [6.07, 6.45) is 3.03. The molecule has 0 saturated carbocycles. The molecule has 1 atom stereocenters. The maximum Gasteiger partial charge on any atom is 0.194 e. The van der Waals surface area contributed by atoms with E-state index < -0.39 is 11.6 Å². The maximum absolute atomic E-state index is 13.5. The van der Waals surface area contributed by atoms with Gasteiger partial charge in [0.15, 0.2) is 17.6 Å². The van der Waals surface area contributed by atoms with Gasteiger partial charge in [0.1, 0.15) is 0 Å². The highest BCUT2D eigenvalue weighted by Crippen LogP contribution is 2.25. The van der Waals surface area contributed by atoms with Crippen LogP contribution in [-0.4, -0.2) is 48.7 Å². The third-order valence-electron chi connectivity index (χ3n) is 5.20. The average Bonchev–Trinajstić information content (AvgIpc) is 3.30. The zero-order valence-corrected chi connectivity index (χ0v) is 19.6. The van der Waals surface area contributed by atoms with Crippen LogP contribution in [-0.2, 0) is 13.6 Å². The summed E-state index contributed by atoms with van der Waals surface area (Å²) in [6, 6.07) is 8.26. The van der Waals surface area contributed by atoms with Crippen molar-refractivity contribution >= 4 is 35.6 Å². The first-order valence-corrected chi connectivity index (χ1v) is 9.77. The highest BCUT2D eigenvalue weighted by molar-refractivity contribution is 14.0. The van der Waals surface area contributed by atoms with E-state index in [1.54, 1.807) is 6.07 Å². The number of nitrogens with one attached hydrogen (secondary N) is 1. The third kappa shape index (κ3) is 6.07. The Morgan fingerprint density at radius 2 is 2.07 bits per heavy atom. The quantitative estimate of drug-likeness (QED) is 0.360. The highest BCUT2D eigenvalue weighted by atomic mass is 127. The monoisotopic (exact) mass is 517 g/mol. The van der Waals surface area contributed by atoms with Gasteiger partial charge in [-0.1, -0.05) is 0 Å². The predicted octanol–water partition coefficient (Wildman–Crippen LogP) is 3.85. The van der Waals surface area contributed by atoms with Gasteiger partial charge in [0.25, 0.3) is 0 Å². The van der Waals surface area contributed by atoms with Crippen LogP contribution in [0.25, 0.3) is 0 Å². The van der Waals surface area contributed by atoms with Crippen LogP contribution in [0.2, 0.25) is 0 Å². The van der Waals surface area contributed by atoms with E-state index in [-0.39, 0.29) is 24.0 Å². The summed E-state index contributed by atoms with van der Waals surface area (Å²) in [7, 11) is 4.08. The zero-order chi connectivity index (χ0) is 20.1. The minimum atomic E-state index is -0.805. The van der Waals surface area contributed by atoms with Gasteiger partial charge in [0, 0.05) is 63.9 Å². The zero-order valence-electron chi connectivity index (χ0n) is 17.2. The second-order valence-corrected chi connectivity index (χ2v) is 7.36. The highest BCUT2D eigenvalue weighted by Gasteiger charge is 2.23. The lowest BCUT2D eigenvalue weighted by Crippen LogP contribution is -2.39. The molecule has 0 aliphatic carbocycles. The molecule has 29 heavy (non-hydrogen) atoms. The van der Waals surface area contributed by atoms with E-state index >= 15 is 0 Å². The average molecular weight is 517 g/mol. The van der Waals surface area contributed by atoms with Gasteiger partial charge in [0.2, 0.25) is 0 Å². The number of anilines is 1. The number of hydrogen-bond acceptors (Lipinski definition) is 2. The van der Waals surface area contributed by atoms with Crippen LogP contribution < -0.4 is 10.2 Å². The van der Waals surface area contributed by atoms with Crippen molar-refractivity contribution in [2.24, 2.45) is 18.0 Å². The van der Waals surface area contributed by atoms with Crippen molar-refractivity contribution in [2.75, 3.05) is 38.1 Å². The molecule has 3 rings (SSSR count). The summed E-state index contributed by atoms with van der Waals surface area (Å²) >= 11 is 0. The topological polar surface area (TPSA) is 35.8 Å². The Kier molecular flexibility index (Phi) is 8.73. The van der Waals surface area contributed by atoms with Crippen molar-refractivity contribution in [1.29, 1.82) is 0 Å². The number of aliphatic imine (C=N–C) groups is 1. The molecular formula is C21H30F2IN5. The Bertz CT molecular complexity index is 823. The first-order valence-electron chi connectivity index (χ1n) is 9.77. The van der Waals surface area contributed by atoms with Crippen molar-refractivity contribution in [3.63, 3.8) is 0 Å². The van der Waals surface area contributed by atoms with Gasteiger partial charge in [-0.05, 0) is 43.5 Å².